The van der Waals surface area contributed by atoms with E-state index in [1.807, 2.05) is 109 Å². The number of benzene rings is 4. The first-order chi connectivity index (χ1) is 19.1. The minimum Gasteiger partial charge on any atom is -0.484 e. The summed E-state index contributed by atoms with van der Waals surface area (Å²) in [6, 6.07) is 36.1. The minimum atomic E-state index is -0.491. The average Bonchev–Trinajstić information content (AvgIpc) is 3.45. The van der Waals surface area contributed by atoms with E-state index in [1.54, 1.807) is 12.1 Å². The maximum Gasteiger partial charge on any atom is 0.262 e. The summed E-state index contributed by atoms with van der Waals surface area (Å²) in [6.45, 7) is -0.0838. The predicted octanol–water partition coefficient (Wildman–Crippen LogP) is 7.30. The van der Waals surface area contributed by atoms with Gasteiger partial charge in [0, 0.05) is 21.5 Å². The molecule has 4 aromatic carbocycles. The lowest BCUT2D eigenvalue weighted by Crippen LogP contribution is -2.20. The Bertz CT molecular complexity index is 1510. The SMILES string of the molecule is O=C(COc1ccccc1)Nc1ccc(SC(C(=O)Nc2nc(-c3ccccc3)cs2)c2ccccc2)cc1. The van der Waals surface area contributed by atoms with Crippen molar-refractivity contribution in [2.75, 3.05) is 17.2 Å². The molecule has 5 rings (SSSR count). The third-order valence-electron chi connectivity index (χ3n) is 5.65. The van der Waals surface area contributed by atoms with Gasteiger partial charge in [-0.2, -0.15) is 0 Å². The summed E-state index contributed by atoms with van der Waals surface area (Å²) in [7, 11) is 0. The van der Waals surface area contributed by atoms with Gasteiger partial charge in [0.05, 0.1) is 5.69 Å². The molecule has 0 saturated heterocycles. The molecule has 8 heteroatoms. The van der Waals surface area contributed by atoms with Gasteiger partial charge in [-0.05, 0) is 42.0 Å². The molecule has 0 spiro atoms. The second-order valence-electron chi connectivity index (χ2n) is 8.48. The predicted molar refractivity (Wildman–Crippen MR) is 158 cm³/mol. The molecule has 194 valence electrons. The highest BCUT2D eigenvalue weighted by Crippen LogP contribution is 2.37. The third-order valence-corrected chi connectivity index (χ3v) is 7.67. The number of para-hydroxylation sites is 1. The summed E-state index contributed by atoms with van der Waals surface area (Å²) < 4.78 is 5.50. The van der Waals surface area contributed by atoms with E-state index in [0.717, 1.165) is 21.7 Å². The van der Waals surface area contributed by atoms with Crippen molar-refractivity contribution < 1.29 is 14.3 Å². The molecule has 0 aliphatic rings. The molecule has 1 atom stereocenters. The lowest BCUT2D eigenvalue weighted by Gasteiger charge is -2.16. The molecule has 0 aliphatic carbocycles. The van der Waals surface area contributed by atoms with Crippen LogP contribution in [-0.4, -0.2) is 23.4 Å². The van der Waals surface area contributed by atoms with Crippen molar-refractivity contribution in [3.63, 3.8) is 0 Å². The number of aromatic nitrogens is 1. The van der Waals surface area contributed by atoms with E-state index >= 15 is 0 Å². The number of thiazole rings is 1. The van der Waals surface area contributed by atoms with Crippen molar-refractivity contribution in [3.05, 3.63) is 126 Å². The molecule has 1 heterocycles. The zero-order valence-corrected chi connectivity index (χ0v) is 22.5. The van der Waals surface area contributed by atoms with Crippen LogP contribution in [0.25, 0.3) is 11.3 Å². The number of amides is 2. The van der Waals surface area contributed by atoms with Crippen LogP contribution in [-0.2, 0) is 9.59 Å². The zero-order chi connectivity index (χ0) is 26.9. The van der Waals surface area contributed by atoms with Crippen LogP contribution >= 0.6 is 23.1 Å². The van der Waals surface area contributed by atoms with E-state index in [4.69, 9.17) is 4.74 Å². The van der Waals surface area contributed by atoms with Crippen LogP contribution in [0.5, 0.6) is 5.75 Å². The smallest absolute Gasteiger partial charge is 0.262 e. The van der Waals surface area contributed by atoms with Crippen molar-refractivity contribution >= 4 is 45.7 Å². The van der Waals surface area contributed by atoms with E-state index < -0.39 is 5.25 Å². The third kappa shape index (κ3) is 7.34. The standard InChI is InChI=1S/C31H25N3O3S2/c35-28(20-37-25-14-8-3-9-15-25)32-24-16-18-26(19-17-24)39-29(23-12-6-2-7-13-23)30(36)34-31-33-27(21-38-31)22-10-4-1-5-11-22/h1-19,21,29H,20H2,(H,32,35)(H,33,34,36). The topological polar surface area (TPSA) is 80.3 Å². The molecule has 5 aromatic rings. The fraction of sp³-hybridized carbons (Fsp3) is 0.0645. The first-order valence-corrected chi connectivity index (χ1v) is 14.0. The normalized spacial score (nSPS) is 11.4. The highest BCUT2D eigenvalue weighted by Gasteiger charge is 2.23. The van der Waals surface area contributed by atoms with E-state index in [9.17, 15) is 9.59 Å². The van der Waals surface area contributed by atoms with Gasteiger partial charge in [-0.3, -0.25) is 9.59 Å². The van der Waals surface area contributed by atoms with E-state index in [2.05, 4.69) is 15.6 Å². The van der Waals surface area contributed by atoms with Gasteiger partial charge in [-0.1, -0.05) is 78.9 Å². The Balaban J connectivity index is 1.23. The maximum absolute atomic E-state index is 13.4. The molecule has 2 amide bonds. The molecular formula is C31H25N3O3S2. The van der Waals surface area contributed by atoms with Gasteiger partial charge in [-0.15, -0.1) is 23.1 Å². The summed E-state index contributed by atoms with van der Waals surface area (Å²) in [6.07, 6.45) is 0. The van der Waals surface area contributed by atoms with Crippen LogP contribution in [0.15, 0.2) is 126 Å². The van der Waals surface area contributed by atoms with Gasteiger partial charge in [0.15, 0.2) is 11.7 Å². The monoisotopic (exact) mass is 551 g/mol. The first kappa shape index (κ1) is 26.2. The fourth-order valence-electron chi connectivity index (χ4n) is 3.76. The highest BCUT2D eigenvalue weighted by molar-refractivity contribution is 8.00. The summed E-state index contributed by atoms with van der Waals surface area (Å²) >= 11 is 2.83. The van der Waals surface area contributed by atoms with Crippen molar-refractivity contribution in [3.8, 4) is 17.0 Å². The van der Waals surface area contributed by atoms with Crippen LogP contribution in [0, 0.1) is 0 Å². The van der Waals surface area contributed by atoms with E-state index in [-0.39, 0.29) is 18.4 Å². The molecule has 6 nitrogen and oxygen atoms in total. The number of thioether (sulfide) groups is 1. The number of rotatable bonds is 10. The number of nitrogens with one attached hydrogen (secondary N) is 2. The number of ether oxygens (including phenoxy) is 1. The molecule has 0 radical (unpaired) electrons. The second kappa shape index (κ2) is 12.9. The minimum absolute atomic E-state index is 0.0838. The Kier molecular flexibility index (Phi) is 8.68. The quantitative estimate of drug-likeness (QED) is 0.178. The van der Waals surface area contributed by atoms with Crippen LogP contribution in [0.4, 0.5) is 10.8 Å². The van der Waals surface area contributed by atoms with Gasteiger partial charge in [0.1, 0.15) is 11.0 Å². The van der Waals surface area contributed by atoms with E-state index in [1.165, 1.54) is 23.1 Å². The number of hydrogen-bond donors (Lipinski definition) is 2. The molecule has 2 N–H and O–H groups in total. The van der Waals surface area contributed by atoms with Crippen molar-refractivity contribution in [2.24, 2.45) is 0 Å². The number of carbonyl (C=O) groups excluding carboxylic acids is 2. The Labute approximate surface area is 235 Å². The second-order valence-corrected chi connectivity index (χ2v) is 10.5. The summed E-state index contributed by atoms with van der Waals surface area (Å²) in [5, 5.41) is 7.83. The number of anilines is 2. The maximum atomic E-state index is 13.4. The Morgan fingerprint density at radius 2 is 1.44 bits per heavy atom. The first-order valence-electron chi connectivity index (χ1n) is 12.3. The Hall–Kier alpha value is -4.40. The molecule has 0 fully saturated rings. The number of nitrogens with zero attached hydrogens (tertiary/aromatic N) is 1. The average molecular weight is 552 g/mol. The highest BCUT2D eigenvalue weighted by atomic mass is 32.2. The summed E-state index contributed by atoms with van der Waals surface area (Å²) in [4.78, 5) is 31.2. The molecule has 39 heavy (non-hydrogen) atoms. The van der Waals surface area contributed by atoms with E-state index in [0.29, 0.717) is 16.6 Å². The molecule has 0 aliphatic heterocycles. The van der Waals surface area contributed by atoms with Gasteiger partial charge in [-0.25, -0.2) is 4.98 Å². The Morgan fingerprint density at radius 1 is 0.795 bits per heavy atom. The summed E-state index contributed by atoms with van der Waals surface area (Å²) in [5.74, 6) is 0.230. The number of carbonyl (C=O) groups is 2. The largest absolute Gasteiger partial charge is 0.484 e. The Morgan fingerprint density at radius 3 is 2.13 bits per heavy atom. The van der Waals surface area contributed by atoms with Crippen LogP contribution in [0.3, 0.4) is 0 Å². The van der Waals surface area contributed by atoms with Crippen molar-refractivity contribution in [1.29, 1.82) is 0 Å². The van der Waals surface area contributed by atoms with Crippen LogP contribution in [0.2, 0.25) is 0 Å². The molecular weight excluding hydrogens is 526 g/mol. The molecule has 0 saturated carbocycles. The van der Waals surface area contributed by atoms with Gasteiger partial charge < -0.3 is 15.4 Å². The number of hydrogen-bond acceptors (Lipinski definition) is 6. The molecule has 0 bridgehead atoms. The lowest BCUT2D eigenvalue weighted by molar-refractivity contribution is -0.118. The van der Waals surface area contributed by atoms with Crippen LogP contribution < -0.4 is 15.4 Å². The van der Waals surface area contributed by atoms with Gasteiger partial charge in [0.2, 0.25) is 5.91 Å². The van der Waals surface area contributed by atoms with Gasteiger partial charge >= 0.3 is 0 Å². The lowest BCUT2D eigenvalue weighted by atomic mass is 10.1. The van der Waals surface area contributed by atoms with Crippen LogP contribution in [0.1, 0.15) is 10.8 Å². The molecule has 1 unspecified atom stereocenters. The fourth-order valence-corrected chi connectivity index (χ4v) is 5.51. The van der Waals surface area contributed by atoms with Crippen molar-refractivity contribution in [2.45, 2.75) is 10.1 Å². The van der Waals surface area contributed by atoms with Gasteiger partial charge in [0.25, 0.3) is 5.91 Å². The molecule has 1 aromatic heterocycles. The van der Waals surface area contributed by atoms with Crippen molar-refractivity contribution in [1.82, 2.24) is 4.98 Å². The zero-order valence-electron chi connectivity index (χ0n) is 20.8. The summed E-state index contributed by atoms with van der Waals surface area (Å²) in [5.41, 5.74) is 3.36.